The van der Waals surface area contributed by atoms with E-state index in [-0.39, 0.29) is 10.8 Å². The highest BCUT2D eigenvalue weighted by molar-refractivity contribution is 9.10. The average Bonchev–Trinajstić information content (AvgIpc) is 2.80. The number of sulfonamides is 1. The Morgan fingerprint density at radius 1 is 1.24 bits per heavy atom. The molecule has 4 rings (SSSR count). The Balaban J connectivity index is 1.54. The van der Waals surface area contributed by atoms with Crippen molar-refractivity contribution in [3.05, 3.63) is 75.4 Å². The summed E-state index contributed by atoms with van der Waals surface area (Å²) < 4.78 is 40.5. The average molecular weight is 568 g/mol. The van der Waals surface area contributed by atoms with Crippen molar-refractivity contribution in [2.75, 3.05) is 6.61 Å². The van der Waals surface area contributed by atoms with E-state index in [1.807, 2.05) is 6.07 Å². The van der Waals surface area contributed by atoms with Gasteiger partial charge in [-0.05, 0) is 82.7 Å². The maximum atomic E-state index is 13.1. The van der Waals surface area contributed by atoms with Crippen molar-refractivity contribution < 1.29 is 27.8 Å². The lowest BCUT2D eigenvalue weighted by Crippen LogP contribution is -2.31. The first kappa shape index (κ1) is 24.5. The largest absolute Gasteiger partial charge is 0.482 e. The summed E-state index contributed by atoms with van der Waals surface area (Å²) in [6, 6.07) is 12.9. The molecule has 0 spiro atoms. The van der Waals surface area contributed by atoms with E-state index >= 15 is 0 Å². The summed E-state index contributed by atoms with van der Waals surface area (Å²) in [7, 11) is -3.91. The molecule has 0 fully saturated rings. The van der Waals surface area contributed by atoms with Crippen LogP contribution in [0.15, 0.2) is 64.1 Å². The molecule has 1 aliphatic carbocycles. The highest BCUT2D eigenvalue weighted by atomic mass is 79.9. The topological polar surface area (TPSA) is 115 Å². The molecule has 8 nitrogen and oxygen atoms in total. The van der Waals surface area contributed by atoms with Crippen LogP contribution in [0.3, 0.4) is 0 Å². The predicted octanol–water partition coefficient (Wildman–Crippen LogP) is 5.11. The summed E-state index contributed by atoms with van der Waals surface area (Å²) in [4.78, 5) is 15.0. The van der Waals surface area contributed by atoms with Crippen molar-refractivity contribution in [1.29, 1.82) is 0 Å². The monoisotopic (exact) mass is 566 g/mol. The number of nitrogens with one attached hydrogen (secondary N) is 1. The number of ether oxygens (including phenoxy) is 2. The maximum Gasteiger partial charge on any atom is 0.341 e. The lowest BCUT2D eigenvalue weighted by atomic mass is 9.87. The number of hydrogen-bond acceptors (Lipinski definition) is 6. The molecule has 0 amide bonds. The SMILES string of the molecule is O=C(O)COc1cccc2c1CCC[C@H]2NS(=O)(=O)c1cnc(Oc2ccc(Cl)cc2)c(Br)c1. The molecule has 178 valence electrons. The van der Waals surface area contributed by atoms with E-state index in [0.717, 1.165) is 17.5 Å². The minimum atomic E-state index is -3.91. The Bertz CT molecular complexity index is 1320. The zero-order valence-corrected chi connectivity index (χ0v) is 20.9. The van der Waals surface area contributed by atoms with Gasteiger partial charge in [-0.1, -0.05) is 23.7 Å². The Morgan fingerprint density at radius 3 is 2.71 bits per heavy atom. The smallest absolute Gasteiger partial charge is 0.341 e. The molecule has 1 aliphatic rings. The zero-order chi connectivity index (χ0) is 24.3. The van der Waals surface area contributed by atoms with E-state index in [2.05, 4.69) is 25.6 Å². The van der Waals surface area contributed by atoms with Crippen LogP contribution in [0.4, 0.5) is 0 Å². The first-order valence-corrected chi connectivity index (χ1v) is 13.0. The molecule has 11 heteroatoms. The van der Waals surface area contributed by atoms with Gasteiger partial charge in [0.25, 0.3) is 0 Å². The van der Waals surface area contributed by atoms with Gasteiger partial charge in [0.1, 0.15) is 16.4 Å². The molecule has 0 saturated heterocycles. The van der Waals surface area contributed by atoms with Gasteiger partial charge in [0.05, 0.1) is 10.7 Å². The molecule has 0 saturated carbocycles. The van der Waals surface area contributed by atoms with Crippen LogP contribution in [0.5, 0.6) is 17.4 Å². The summed E-state index contributed by atoms with van der Waals surface area (Å²) in [5.74, 6) is 0.0970. The van der Waals surface area contributed by atoms with E-state index in [4.69, 9.17) is 26.2 Å². The molecule has 34 heavy (non-hydrogen) atoms. The minimum absolute atomic E-state index is 0.0202. The molecule has 0 radical (unpaired) electrons. The molecule has 1 aromatic heterocycles. The minimum Gasteiger partial charge on any atom is -0.482 e. The number of fused-ring (bicyclic) bond motifs is 1. The molecule has 3 aromatic rings. The van der Waals surface area contributed by atoms with Crippen LogP contribution in [0.1, 0.15) is 30.0 Å². The maximum absolute atomic E-state index is 13.1. The van der Waals surface area contributed by atoms with Crippen LogP contribution < -0.4 is 14.2 Å². The molecule has 0 aliphatic heterocycles. The number of carbonyl (C=O) groups is 1. The third kappa shape index (κ3) is 5.69. The first-order valence-electron chi connectivity index (χ1n) is 10.3. The third-order valence-corrected chi connectivity index (χ3v) is 7.49. The van der Waals surface area contributed by atoms with Crippen LogP contribution in [-0.2, 0) is 21.2 Å². The molecule has 2 aromatic carbocycles. The fraction of sp³-hybridized carbons (Fsp3) is 0.217. The number of aromatic nitrogens is 1. The van der Waals surface area contributed by atoms with E-state index in [1.54, 1.807) is 36.4 Å². The number of carboxylic acid groups (broad SMARTS) is 1. The molecular formula is C23H20BrClN2O6S. The summed E-state index contributed by atoms with van der Waals surface area (Å²) in [5, 5.41) is 9.47. The highest BCUT2D eigenvalue weighted by Gasteiger charge is 2.28. The van der Waals surface area contributed by atoms with Gasteiger partial charge in [-0.3, -0.25) is 0 Å². The van der Waals surface area contributed by atoms with Gasteiger partial charge in [0.2, 0.25) is 15.9 Å². The standard InChI is InChI=1S/C23H20BrClN2O6S/c24-19-11-16(12-26-23(19)33-15-9-7-14(25)8-10-15)34(30,31)27-20-5-1-4-18-17(20)3-2-6-21(18)32-13-22(28)29/h2-3,6-12,20,27H,1,4-5,13H2,(H,28,29)/t20-/m1/s1. The van der Waals surface area contributed by atoms with Crippen LogP contribution in [0, 0.1) is 0 Å². The van der Waals surface area contributed by atoms with Gasteiger partial charge in [-0.15, -0.1) is 0 Å². The second kappa shape index (κ2) is 10.3. The number of hydrogen-bond donors (Lipinski definition) is 2. The van der Waals surface area contributed by atoms with E-state index in [9.17, 15) is 13.2 Å². The van der Waals surface area contributed by atoms with Gasteiger partial charge >= 0.3 is 5.97 Å². The second-order valence-electron chi connectivity index (χ2n) is 7.59. The predicted molar refractivity (Wildman–Crippen MR) is 129 cm³/mol. The van der Waals surface area contributed by atoms with Crippen molar-refractivity contribution in [3.63, 3.8) is 0 Å². The zero-order valence-electron chi connectivity index (χ0n) is 17.7. The fourth-order valence-corrected chi connectivity index (χ4v) is 5.64. The van der Waals surface area contributed by atoms with Gasteiger partial charge < -0.3 is 14.6 Å². The number of aliphatic carboxylic acids is 1. The van der Waals surface area contributed by atoms with Gasteiger partial charge in [0, 0.05) is 11.1 Å². The number of carboxylic acids is 1. The van der Waals surface area contributed by atoms with Gasteiger partial charge in [0.15, 0.2) is 6.61 Å². The molecule has 1 heterocycles. The normalized spacial score (nSPS) is 15.4. The molecule has 2 N–H and O–H groups in total. The van der Waals surface area contributed by atoms with Gasteiger partial charge in [-0.2, -0.15) is 0 Å². The molecule has 0 unspecified atom stereocenters. The number of nitrogens with zero attached hydrogens (tertiary/aromatic N) is 1. The number of halogens is 2. The van der Waals surface area contributed by atoms with Crippen LogP contribution >= 0.6 is 27.5 Å². The third-order valence-electron chi connectivity index (χ3n) is 5.23. The van der Waals surface area contributed by atoms with E-state index in [0.29, 0.717) is 33.8 Å². The van der Waals surface area contributed by atoms with Crippen molar-refractivity contribution in [2.24, 2.45) is 0 Å². The summed E-state index contributed by atoms with van der Waals surface area (Å²) in [5.41, 5.74) is 1.58. The van der Waals surface area contributed by atoms with Crippen LogP contribution in [0.25, 0.3) is 0 Å². The van der Waals surface area contributed by atoms with E-state index < -0.39 is 28.6 Å². The molecule has 0 bridgehead atoms. The van der Waals surface area contributed by atoms with Crippen molar-refractivity contribution >= 4 is 43.5 Å². The Kier molecular flexibility index (Phi) is 7.42. The van der Waals surface area contributed by atoms with Crippen LogP contribution in [-0.4, -0.2) is 31.1 Å². The lowest BCUT2D eigenvalue weighted by molar-refractivity contribution is -0.139. The van der Waals surface area contributed by atoms with Crippen molar-refractivity contribution in [2.45, 2.75) is 30.2 Å². The first-order chi connectivity index (χ1) is 16.2. The highest BCUT2D eigenvalue weighted by Crippen LogP contribution is 2.37. The van der Waals surface area contributed by atoms with Gasteiger partial charge in [-0.25, -0.2) is 22.9 Å². The summed E-state index contributed by atoms with van der Waals surface area (Å²) in [6.07, 6.45) is 3.23. The summed E-state index contributed by atoms with van der Waals surface area (Å²) in [6.45, 7) is -0.461. The van der Waals surface area contributed by atoms with E-state index in [1.165, 1.54) is 12.3 Å². The summed E-state index contributed by atoms with van der Waals surface area (Å²) >= 11 is 9.21. The Labute approximate surface area is 210 Å². The lowest BCUT2D eigenvalue weighted by Gasteiger charge is -2.27. The second-order valence-corrected chi connectivity index (χ2v) is 10.6. The van der Waals surface area contributed by atoms with Crippen molar-refractivity contribution in [3.8, 4) is 17.4 Å². The quantitative estimate of drug-likeness (QED) is 0.389. The number of benzene rings is 2. The molecular weight excluding hydrogens is 548 g/mol. The number of pyridine rings is 1. The Morgan fingerprint density at radius 2 is 2.00 bits per heavy atom. The Hall–Kier alpha value is -2.66. The molecule has 1 atom stereocenters. The number of rotatable bonds is 8. The van der Waals surface area contributed by atoms with Crippen molar-refractivity contribution in [1.82, 2.24) is 9.71 Å². The fourth-order valence-electron chi connectivity index (χ4n) is 3.71. The van der Waals surface area contributed by atoms with Crippen LogP contribution in [0.2, 0.25) is 5.02 Å².